The van der Waals surface area contributed by atoms with Crippen molar-refractivity contribution in [2.24, 2.45) is 0 Å². The number of carbonyl (C=O) groups is 1. The normalized spacial score (nSPS) is 10.9. The predicted octanol–water partition coefficient (Wildman–Crippen LogP) is 5.51. The predicted molar refractivity (Wildman–Crippen MR) is 121 cm³/mol. The molecule has 0 unspecified atom stereocenters. The summed E-state index contributed by atoms with van der Waals surface area (Å²) in [5.74, 6) is 0.428. The van der Waals surface area contributed by atoms with Gasteiger partial charge in [0.1, 0.15) is 11.5 Å². The van der Waals surface area contributed by atoms with Gasteiger partial charge in [0, 0.05) is 17.1 Å². The molecule has 0 aliphatic rings. The van der Waals surface area contributed by atoms with E-state index in [4.69, 9.17) is 4.74 Å². The van der Waals surface area contributed by atoms with Crippen molar-refractivity contribution in [3.8, 4) is 22.8 Å². The molecule has 0 fully saturated rings. The zero-order valence-electron chi connectivity index (χ0n) is 17.8. The van der Waals surface area contributed by atoms with E-state index in [9.17, 15) is 13.6 Å². The van der Waals surface area contributed by atoms with E-state index in [-0.39, 0.29) is 18.2 Å². The molecular weight excluding hydrogens is 450 g/mol. The molecule has 0 aliphatic carbocycles. The highest BCUT2D eigenvalue weighted by molar-refractivity contribution is 7.14. The van der Waals surface area contributed by atoms with Crippen molar-refractivity contribution in [2.45, 2.75) is 27.2 Å². The summed E-state index contributed by atoms with van der Waals surface area (Å²) in [6, 6.07) is 13.7. The summed E-state index contributed by atoms with van der Waals surface area (Å²) in [5, 5.41) is 9.12. The molecule has 0 bridgehead atoms. The van der Waals surface area contributed by atoms with Crippen LogP contribution in [0.15, 0.2) is 60.1 Å². The number of amides is 1. The first kappa shape index (κ1) is 22.4. The third-order valence-corrected chi connectivity index (χ3v) is 5.43. The molecule has 0 aliphatic heterocycles. The highest BCUT2D eigenvalue weighted by Crippen LogP contribution is 2.27. The van der Waals surface area contributed by atoms with Gasteiger partial charge in [0.15, 0.2) is 17.6 Å². The zero-order chi connectivity index (χ0) is 23.4. The molecule has 0 atom stereocenters. The Hall–Kier alpha value is -3.79. The van der Waals surface area contributed by atoms with Gasteiger partial charge in [0.25, 0.3) is 5.91 Å². The van der Waals surface area contributed by atoms with Gasteiger partial charge in [-0.2, -0.15) is 13.9 Å². The second-order valence-corrected chi connectivity index (χ2v) is 8.04. The van der Waals surface area contributed by atoms with Crippen molar-refractivity contribution in [3.63, 3.8) is 0 Å². The maximum absolute atomic E-state index is 12.5. The van der Waals surface area contributed by atoms with Crippen molar-refractivity contribution >= 4 is 22.4 Å². The second kappa shape index (κ2) is 9.78. The Kier molecular flexibility index (Phi) is 6.64. The van der Waals surface area contributed by atoms with Gasteiger partial charge in [0.05, 0.1) is 5.69 Å². The van der Waals surface area contributed by atoms with E-state index < -0.39 is 12.5 Å². The average molecular weight is 471 g/mol. The zero-order valence-corrected chi connectivity index (χ0v) is 18.6. The molecule has 170 valence electrons. The monoisotopic (exact) mass is 470 g/mol. The van der Waals surface area contributed by atoms with Gasteiger partial charge in [-0.1, -0.05) is 12.1 Å². The van der Waals surface area contributed by atoms with Crippen molar-refractivity contribution < 1.29 is 23.0 Å². The fourth-order valence-electron chi connectivity index (χ4n) is 2.99. The minimum absolute atomic E-state index is 0.0645. The fraction of sp³-hybridized carbons (Fsp3) is 0.174. The molecule has 7 nitrogen and oxygen atoms in total. The van der Waals surface area contributed by atoms with E-state index in [1.165, 1.54) is 28.2 Å². The summed E-state index contributed by atoms with van der Waals surface area (Å²) in [4.78, 5) is 16.9. The van der Waals surface area contributed by atoms with Crippen LogP contribution in [0.3, 0.4) is 0 Å². The molecule has 2 heterocycles. The van der Waals surface area contributed by atoms with E-state index >= 15 is 0 Å². The third-order valence-electron chi connectivity index (χ3n) is 4.67. The van der Waals surface area contributed by atoms with Crippen molar-refractivity contribution in [1.82, 2.24) is 14.8 Å². The Morgan fingerprint density at radius 2 is 1.94 bits per heavy atom. The molecular formula is C23H20F2N4O3S. The molecule has 0 saturated heterocycles. The van der Waals surface area contributed by atoms with Crippen LogP contribution in [-0.2, 0) is 6.73 Å². The van der Waals surface area contributed by atoms with E-state index in [0.29, 0.717) is 16.4 Å². The molecule has 33 heavy (non-hydrogen) atoms. The molecule has 1 N–H and O–H groups in total. The Labute approximate surface area is 192 Å². The first-order chi connectivity index (χ1) is 15.9. The van der Waals surface area contributed by atoms with Gasteiger partial charge >= 0.3 is 6.61 Å². The smallest absolute Gasteiger partial charge is 0.387 e. The molecule has 1 amide bonds. The summed E-state index contributed by atoms with van der Waals surface area (Å²) < 4.78 is 36.2. The number of alkyl halides is 2. The van der Waals surface area contributed by atoms with Gasteiger partial charge in [-0.15, -0.1) is 11.3 Å². The van der Waals surface area contributed by atoms with Crippen LogP contribution in [0.5, 0.6) is 11.5 Å². The lowest BCUT2D eigenvalue weighted by Crippen LogP contribution is -2.14. The molecule has 0 spiro atoms. The average Bonchev–Trinajstić information content (AvgIpc) is 3.44. The number of hydrogen-bond acceptors (Lipinski definition) is 6. The lowest BCUT2D eigenvalue weighted by Gasteiger charge is -2.09. The van der Waals surface area contributed by atoms with E-state index in [1.54, 1.807) is 29.8 Å². The summed E-state index contributed by atoms with van der Waals surface area (Å²) in [6.45, 7) is 1.25. The molecule has 4 aromatic rings. The number of nitrogens with one attached hydrogen (secondary N) is 1. The topological polar surface area (TPSA) is 78.3 Å². The summed E-state index contributed by atoms with van der Waals surface area (Å²) in [7, 11) is 0. The number of thiazole rings is 1. The minimum Gasteiger partial charge on any atom is -0.471 e. The number of nitrogens with zero attached hydrogens (tertiary/aromatic N) is 3. The maximum Gasteiger partial charge on any atom is 0.387 e. The Balaban J connectivity index is 1.36. The first-order valence-corrected chi connectivity index (χ1v) is 10.8. The molecule has 0 saturated carbocycles. The lowest BCUT2D eigenvalue weighted by atomic mass is 10.1. The first-order valence-electron chi connectivity index (χ1n) is 9.93. The summed E-state index contributed by atoms with van der Waals surface area (Å²) >= 11 is 1.25. The van der Waals surface area contributed by atoms with Gasteiger partial charge in [0.2, 0.25) is 0 Å². The molecule has 4 rings (SSSR count). The van der Waals surface area contributed by atoms with Gasteiger partial charge in [-0.3, -0.25) is 10.1 Å². The number of anilines is 1. The minimum atomic E-state index is -2.88. The third kappa shape index (κ3) is 5.72. The van der Waals surface area contributed by atoms with Crippen LogP contribution < -0.4 is 14.8 Å². The van der Waals surface area contributed by atoms with Crippen LogP contribution >= 0.6 is 11.3 Å². The van der Waals surface area contributed by atoms with E-state index in [2.05, 4.69) is 20.1 Å². The lowest BCUT2D eigenvalue weighted by molar-refractivity contribution is -0.0498. The number of carbonyl (C=O) groups excluding carboxylic acids is 1. The van der Waals surface area contributed by atoms with Crippen LogP contribution in [-0.4, -0.2) is 27.3 Å². The van der Waals surface area contributed by atoms with Crippen molar-refractivity contribution in [1.29, 1.82) is 0 Å². The van der Waals surface area contributed by atoms with Crippen LogP contribution in [0.1, 0.15) is 21.6 Å². The molecule has 10 heteroatoms. The number of rotatable bonds is 8. The number of aryl methyl sites for hydroxylation is 2. The number of hydrogen-bond donors (Lipinski definition) is 1. The molecule has 2 aromatic carbocycles. The number of halogens is 2. The van der Waals surface area contributed by atoms with Crippen LogP contribution in [0, 0.1) is 13.8 Å². The Bertz CT molecular complexity index is 1250. The number of benzene rings is 2. The van der Waals surface area contributed by atoms with Gasteiger partial charge in [-0.25, -0.2) is 9.67 Å². The number of aromatic nitrogens is 3. The molecule has 0 radical (unpaired) electrons. The summed E-state index contributed by atoms with van der Waals surface area (Å²) in [5.41, 5.74) is 3.65. The quantitative estimate of drug-likeness (QED) is 0.367. The van der Waals surface area contributed by atoms with Crippen molar-refractivity contribution in [2.75, 3.05) is 5.32 Å². The maximum atomic E-state index is 12.5. The highest BCUT2D eigenvalue weighted by Gasteiger charge is 2.13. The van der Waals surface area contributed by atoms with Gasteiger partial charge in [-0.05, 0) is 61.4 Å². The second-order valence-electron chi connectivity index (χ2n) is 7.18. The largest absolute Gasteiger partial charge is 0.471 e. The van der Waals surface area contributed by atoms with E-state index in [1.807, 2.05) is 32.0 Å². The van der Waals surface area contributed by atoms with Crippen molar-refractivity contribution in [3.05, 3.63) is 76.9 Å². The SMILES string of the molecule is Cc1ccc(C)c(OCn2ccc(C(=O)Nc3nc(-c4ccc(OC(F)F)cc4)cs3)n2)c1. The molecule has 2 aromatic heterocycles. The van der Waals surface area contributed by atoms with Crippen LogP contribution in [0.2, 0.25) is 0 Å². The Morgan fingerprint density at radius 1 is 1.15 bits per heavy atom. The highest BCUT2D eigenvalue weighted by atomic mass is 32.1. The van der Waals surface area contributed by atoms with Gasteiger partial charge < -0.3 is 9.47 Å². The Morgan fingerprint density at radius 3 is 2.70 bits per heavy atom. The van der Waals surface area contributed by atoms with Crippen LogP contribution in [0.4, 0.5) is 13.9 Å². The fourth-order valence-corrected chi connectivity index (χ4v) is 3.70. The summed E-state index contributed by atoms with van der Waals surface area (Å²) in [6.07, 6.45) is 1.66. The van der Waals surface area contributed by atoms with Crippen LogP contribution in [0.25, 0.3) is 11.3 Å². The number of ether oxygens (including phenoxy) is 2. The standard InChI is InChI=1S/C23H20F2N4O3S/c1-14-3-4-15(2)20(11-14)31-13-29-10-9-18(28-29)21(30)27-23-26-19(12-33-23)16-5-7-17(8-6-16)32-22(24)25/h3-12,22H,13H2,1-2H3,(H,26,27,30). The van der Waals surface area contributed by atoms with E-state index in [0.717, 1.165) is 16.9 Å².